The summed E-state index contributed by atoms with van der Waals surface area (Å²) in [6.07, 6.45) is 14.7. The molecule has 0 aliphatic carbocycles. The fourth-order valence-corrected chi connectivity index (χ4v) is 2.93. The van der Waals surface area contributed by atoms with Crippen molar-refractivity contribution in [3.05, 3.63) is 12.2 Å². The van der Waals surface area contributed by atoms with Crippen molar-refractivity contribution in [1.29, 1.82) is 0 Å². The fourth-order valence-electron chi connectivity index (χ4n) is 2.93. The number of carbonyl (C=O) groups is 3. The second kappa shape index (κ2) is 16.2. The van der Waals surface area contributed by atoms with Gasteiger partial charge in [0.15, 0.2) is 5.78 Å². The van der Waals surface area contributed by atoms with Crippen molar-refractivity contribution in [3.8, 4) is 0 Å². The lowest BCUT2D eigenvalue weighted by molar-refractivity contribution is -0.117. The third-order valence-corrected chi connectivity index (χ3v) is 4.58. The number of hydrogen-bond acceptors (Lipinski definition) is 3. The van der Waals surface area contributed by atoms with E-state index in [1.165, 1.54) is 0 Å². The maximum atomic E-state index is 12.0. The number of rotatable bonds is 18. The Morgan fingerprint density at radius 1 is 0.520 bits per heavy atom. The molecule has 3 heteroatoms. The highest BCUT2D eigenvalue weighted by Gasteiger charge is 2.06. The zero-order valence-corrected chi connectivity index (χ0v) is 16.5. The molecule has 144 valence electrons. The SMILES string of the molecule is C=C(CCCCCCCC(C)=O)C(=O)CCCCCCCCC(C)=O. The van der Waals surface area contributed by atoms with Crippen LogP contribution in [0, 0.1) is 0 Å². The quantitative estimate of drug-likeness (QED) is 0.220. The molecule has 0 fully saturated rings. The zero-order chi connectivity index (χ0) is 18.9. The van der Waals surface area contributed by atoms with Crippen LogP contribution in [0.3, 0.4) is 0 Å². The van der Waals surface area contributed by atoms with Crippen LogP contribution in [0.4, 0.5) is 0 Å². The van der Waals surface area contributed by atoms with E-state index < -0.39 is 0 Å². The molecule has 0 saturated heterocycles. The van der Waals surface area contributed by atoms with E-state index in [4.69, 9.17) is 0 Å². The van der Waals surface area contributed by atoms with E-state index in [0.29, 0.717) is 19.3 Å². The largest absolute Gasteiger partial charge is 0.300 e. The van der Waals surface area contributed by atoms with Gasteiger partial charge in [0.05, 0.1) is 0 Å². The van der Waals surface area contributed by atoms with Crippen LogP contribution in [-0.4, -0.2) is 17.3 Å². The maximum absolute atomic E-state index is 12.0. The molecule has 0 aromatic heterocycles. The molecule has 0 spiro atoms. The van der Waals surface area contributed by atoms with E-state index in [1.54, 1.807) is 13.8 Å². The van der Waals surface area contributed by atoms with Crippen LogP contribution in [0.1, 0.15) is 110 Å². The van der Waals surface area contributed by atoms with E-state index in [1.807, 2.05) is 0 Å². The molecule has 0 atom stereocenters. The molecule has 0 radical (unpaired) electrons. The van der Waals surface area contributed by atoms with E-state index in [0.717, 1.165) is 82.6 Å². The molecule has 25 heavy (non-hydrogen) atoms. The number of carbonyl (C=O) groups excluding carboxylic acids is 3. The average Bonchev–Trinajstić information content (AvgIpc) is 2.55. The van der Waals surface area contributed by atoms with E-state index in [9.17, 15) is 14.4 Å². The second-order valence-corrected chi connectivity index (χ2v) is 7.32. The first-order chi connectivity index (χ1) is 11.9. The first-order valence-electron chi connectivity index (χ1n) is 10.1. The van der Waals surface area contributed by atoms with Crippen LogP contribution in [0.2, 0.25) is 0 Å². The minimum absolute atomic E-state index is 0.230. The molecule has 0 unspecified atom stereocenters. The van der Waals surface area contributed by atoms with Crippen LogP contribution in [0.25, 0.3) is 0 Å². The third kappa shape index (κ3) is 17.4. The van der Waals surface area contributed by atoms with Gasteiger partial charge in [-0.25, -0.2) is 0 Å². The smallest absolute Gasteiger partial charge is 0.158 e. The Bertz CT molecular complexity index is 409. The Kier molecular flexibility index (Phi) is 15.4. The van der Waals surface area contributed by atoms with Gasteiger partial charge in [0, 0.05) is 19.3 Å². The van der Waals surface area contributed by atoms with Gasteiger partial charge in [-0.05, 0) is 51.5 Å². The summed E-state index contributed by atoms with van der Waals surface area (Å²) in [7, 11) is 0. The van der Waals surface area contributed by atoms with Crippen molar-refractivity contribution < 1.29 is 14.4 Å². The van der Waals surface area contributed by atoms with Crippen molar-refractivity contribution in [2.24, 2.45) is 0 Å². The predicted octanol–water partition coefficient (Wildman–Crippen LogP) is 6.14. The summed E-state index contributed by atoms with van der Waals surface area (Å²) in [5.41, 5.74) is 0.783. The molecular formula is C22H38O3. The van der Waals surface area contributed by atoms with Crippen LogP contribution in [0.5, 0.6) is 0 Å². The molecule has 0 saturated carbocycles. The molecule has 0 amide bonds. The lowest BCUT2D eigenvalue weighted by atomic mass is 9.99. The van der Waals surface area contributed by atoms with Crippen molar-refractivity contribution in [2.45, 2.75) is 110 Å². The van der Waals surface area contributed by atoms with Crippen molar-refractivity contribution in [2.75, 3.05) is 0 Å². The van der Waals surface area contributed by atoms with Gasteiger partial charge < -0.3 is 9.59 Å². The molecule has 0 aliphatic heterocycles. The normalized spacial score (nSPS) is 10.6. The number of allylic oxidation sites excluding steroid dienone is 1. The van der Waals surface area contributed by atoms with Gasteiger partial charge >= 0.3 is 0 Å². The van der Waals surface area contributed by atoms with Crippen molar-refractivity contribution in [3.63, 3.8) is 0 Å². The van der Waals surface area contributed by atoms with E-state index >= 15 is 0 Å². The van der Waals surface area contributed by atoms with Gasteiger partial charge in [-0.2, -0.15) is 0 Å². The summed E-state index contributed by atoms with van der Waals surface area (Å²) >= 11 is 0. The Labute approximate surface area is 154 Å². The summed E-state index contributed by atoms with van der Waals surface area (Å²) in [6.45, 7) is 7.23. The number of ketones is 3. The molecule has 0 heterocycles. The van der Waals surface area contributed by atoms with Gasteiger partial charge in [0.1, 0.15) is 11.6 Å². The van der Waals surface area contributed by atoms with E-state index in [2.05, 4.69) is 6.58 Å². The summed E-state index contributed by atoms with van der Waals surface area (Å²) in [5.74, 6) is 0.781. The molecule has 0 aromatic rings. The predicted molar refractivity (Wildman–Crippen MR) is 105 cm³/mol. The molecule has 3 nitrogen and oxygen atoms in total. The average molecular weight is 351 g/mol. The van der Waals surface area contributed by atoms with Crippen molar-refractivity contribution in [1.82, 2.24) is 0 Å². The Morgan fingerprint density at radius 2 is 0.840 bits per heavy atom. The van der Waals surface area contributed by atoms with Crippen LogP contribution >= 0.6 is 0 Å². The van der Waals surface area contributed by atoms with Crippen LogP contribution in [-0.2, 0) is 14.4 Å². The Morgan fingerprint density at radius 3 is 1.24 bits per heavy atom. The highest BCUT2D eigenvalue weighted by atomic mass is 16.1. The van der Waals surface area contributed by atoms with Crippen molar-refractivity contribution >= 4 is 17.3 Å². The fraction of sp³-hybridized carbons (Fsp3) is 0.773. The maximum Gasteiger partial charge on any atom is 0.158 e. The van der Waals surface area contributed by atoms with E-state index in [-0.39, 0.29) is 17.3 Å². The summed E-state index contributed by atoms with van der Waals surface area (Å²) < 4.78 is 0. The minimum Gasteiger partial charge on any atom is -0.300 e. The first kappa shape index (κ1) is 23.8. The summed E-state index contributed by atoms with van der Waals surface area (Å²) in [6, 6.07) is 0. The molecule has 0 N–H and O–H groups in total. The number of Topliss-reactive ketones (excluding diaryl/α,β-unsaturated/α-hetero) is 3. The lowest BCUT2D eigenvalue weighted by Gasteiger charge is -2.05. The van der Waals surface area contributed by atoms with Gasteiger partial charge in [0.25, 0.3) is 0 Å². The van der Waals surface area contributed by atoms with Crippen LogP contribution < -0.4 is 0 Å². The highest BCUT2D eigenvalue weighted by Crippen LogP contribution is 2.15. The second-order valence-electron chi connectivity index (χ2n) is 7.32. The zero-order valence-electron chi connectivity index (χ0n) is 16.5. The third-order valence-electron chi connectivity index (χ3n) is 4.58. The molecule has 0 rings (SSSR count). The van der Waals surface area contributed by atoms with Gasteiger partial charge in [0.2, 0.25) is 0 Å². The molecule has 0 aromatic carbocycles. The molecule has 0 bridgehead atoms. The van der Waals surface area contributed by atoms with Gasteiger partial charge in [-0.15, -0.1) is 0 Å². The Balaban J connectivity index is 3.43. The number of unbranched alkanes of at least 4 members (excludes halogenated alkanes) is 9. The first-order valence-corrected chi connectivity index (χ1v) is 10.1. The molecule has 0 aliphatic rings. The standard InChI is InChI=1S/C22H38O3/c1-19(15-11-7-6-9-13-17-21(3)24)22(25)18-14-10-5-4-8-12-16-20(2)23/h1,4-18H2,2-3H3. The lowest BCUT2D eigenvalue weighted by Crippen LogP contribution is -2.01. The summed E-state index contributed by atoms with van der Waals surface area (Å²) in [4.78, 5) is 33.7. The molecular weight excluding hydrogens is 312 g/mol. The van der Waals surface area contributed by atoms with Gasteiger partial charge in [-0.3, -0.25) is 4.79 Å². The number of hydrogen-bond donors (Lipinski definition) is 0. The van der Waals surface area contributed by atoms with Gasteiger partial charge in [-0.1, -0.05) is 51.5 Å². The van der Waals surface area contributed by atoms with Crippen LogP contribution in [0.15, 0.2) is 12.2 Å². The Hall–Kier alpha value is -1.25. The highest BCUT2D eigenvalue weighted by molar-refractivity contribution is 5.94. The minimum atomic E-state index is 0.230. The monoisotopic (exact) mass is 350 g/mol. The topological polar surface area (TPSA) is 51.2 Å². The summed E-state index contributed by atoms with van der Waals surface area (Å²) in [5, 5.41) is 0.